The van der Waals surface area contributed by atoms with Gasteiger partial charge in [0.1, 0.15) is 5.67 Å². The Kier molecular flexibility index (Phi) is 1.73. The normalized spacial score (nSPS) is 47.0. The van der Waals surface area contributed by atoms with Crippen molar-refractivity contribution >= 4 is 0 Å². The van der Waals surface area contributed by atoms with Gasteiger partial charge in [-0.25, -0.2) is 4.39 Å². The number of fused-ring (bicyclic) bond motifs is 3. The first-order valence-corrected chi connectivity index (χ1v) is 4.93. The molecule has 0 aliphatic heterocycles. The van der Waals surface area contributed by atoms with Crippen LogP contribution in [-0.4, -0.2) is 30.2 Å². The molecule has 0 saturated heterocycles. The van der Waals surface area contributed by atoms with E-state index in [-0.39, 0.29) is 0 Å². The zero-order valence-corrected chi connectivity index (χ0v) is 8.07. The third-order valence-corrected chi connectivity index (χ3v) is 4.06. The van der Waals surface area contributed by atoms with Crippen molar-refractivity contribution in [2.75, 3.05) is 14.1 Å². The summed E-state index contributed by atoms with van der Waals surface area (Å²) < 4.78 is 13.8. The second-order valence-corrected chi connectivity index (χ2v) is 4.77. The Morgan fingerprint density at radius 3 is 1.67 bits per heavy atom. The summed E-state index contributed by atoms with van der Waals surface area (Å²) in [6.07, 6.45) is 5.59. The van der Waals surface area contributed by atoms with Gasteiger partial charge in [-0.1, -0.05) is 0 Å². The maximum absolute atomic E-state index is 13.8. The molecule has 2 bridgehead atoms. The topological polar surface area (TPSA) is 3.24 Å². The van der Waals surface area contributed by atoms with Crippen molar-refractivity contribution in [2.45, 2.75) is 49.7 Å². The predicted octanol–water partition coefficient (Wildman–Crippen LogP) is 2.36. The van der Waals surface area contributed by atoms with E-state index in [0.29, 0.717) is 5.54 Å². The van der Waals surface area contributed by atoms with E-state index in [1.165, 1.54) is 0 Å². The molecule has 3 saturated carbocycles. The minimum Gasteiger partial charge on any atom is -0.304 e. The van der Waals surface area contributed by atoms with Gasteiger partial charge in [0.2, 0.25) is 0 Å². The Morgan fingerprint density at radius 2 is 1.33 bits per heavy atom. The molecule has 0 atom stereocenters. The molecular formula is C10H18FN. The van der Waals surface area contributed by atoms with E-state index in [1.54, 1.807) is 0 Å². The summed E-state index contributed by atoms with van der Waals surface area (Å²) in [5, 5.41) is 0. The van der Waals surface area contributed by atoms with Crippen molar-refractivity contribution in [3.05, 3.63) is 0 Å². The number of nitrogens with zero attached hydrogens (tertiary/aromatic N) is 1. The largest absolute Gasteiger partial charge is 0.304 e. The molecule has 70 valence electrons. The van der Waals surface area contributed by atoms with Crippen LogP contribution in [-0.2, 0) is 0 Å². The molecule has 0 heterocycles. The van der Waals surface area contributed by atoms with E-state index in [1.807, 2.05) is 0 Å². The Bertz CT molecular complexity index is 164. The van der Waals surface area contributed by atoms with Crippen LogP contribution in [0, 0.1) is 0 Å². The van der Waals surface area contributed by atoms with E-state index >= 15 is 0 Å². The number of halogens is 1. The number of hydrogen-bond acceptors (Lipinski definition) is 1. The SMILES string of the molecule is CN(C)C12CCC(F)(CC1)CC2. The molecule has 0 amide bonds. The molecular weight excluding hydrogens is 153 g/mol. The van der Waals surface area contributed by atoms with Gasteiger partial charge in [-0.2, -0.15) is 0 Å². The van der Waals surface area contributed by atoms with E-state index < -0.39 is 5.67 Å². The standard InChI is InChI=1S/C10H18FN/c1-12(2)10-6-3-9(11,4-7-10)5-8-10/h3-8H2,1-2H3. The highest BCUT2D eigenvalue weighted by Crippen LogP contribution is 2.50. The van der Waals surface area contributed by atoms with Gasteiger partial charge < -0.3 is 4.90 Å². The van der Waals surface area contributed by atoms with Gasteiger partial charge in [0.05, 0.1) is 0 Å². The van der Waals surface area contributed by atoms with E-state index in [4.69, 9.17) is 0 Å². The van der Waals surface area contributed by atoms with Gasteiger partial charge in [0.15, 0.2) is 0 Å². The number of alkyl halides is 1. The molecule has 0 unspecified atom stereocenters. The summed E-state index contributed by atoms with van der Waals surface area (Å²) in [6, 6.07) is 0. The first-order valence-electron chi connectivity index (χ1n) is 4.93. The van der Waals surface area contributed by atoms with Gasteiger partial charge in [-0.15, -0.1) is 0 Å². The fourth-order valence-electron chi connectivity index (χ4n) is 2.79. The zero-order chi connectivity index (χ0) is 8.82. The zero-order valence-electron chi connectivity index (χ0n) is 8.07. The van der Waals surface area contributed by atoms with Gasteiger partial charge in [-0.3, -0.25) is 0 Å². The molecule has 0 aromatic heterocycles. The second kappa shape index (κ2) is 2.44. The lowest BCUT2D eigenvalue weighted by atomic mass is 9.63. The average Bonchev–Trinajstić information content (AvgIpc) is 2.06. The fourth-order valence-corrected chi connectivity index (χ4v) is 2.79. The van der Waals surface area contributed by atoms with Crippen LogP contribution in [0.2, 0.25) is 0 Å². The summed E-state index contributed by atoms with van der Waals surface area (Å²) in [6.45, 7) is 0. The molecule has 0 radical (unpaired) electrons. The summed E-state index contributed by atoms with van der Waals surface area (Å²) in [4.78, 5) is 2.31. The third-order valence-electron chi connectivity index (χ3n) is 4.06. The summed E-state index contributed by atoms with van der Waals surface area (Å²) in [5.74, 6) is 0. The van der Waals surface area contributed by atoms with Crippen LogP contribution in [0.4, 0.5) is 4.39 Å². The quantitative estimate of drug-likeness (QED) is 0.585. The maximum Gasteiger partial charge on any atom is 0.111 e. The van der Waals surface area contributed by atoms with Crippen LogP contribution in [0.1, 0.15) is 38.5 Å². The van der Waals surface area contributed by atoms with Gasteiger partial charge in [0.25, 0.3) is 0 Å². The molecule has 3 aliphatic carbocycles. The third kappa shape index (κ3) is 1.08. The van der Waals surface area contributed by atoms with Gasteiger partial charge in [0, 0.05) is 5.54 Å². The molecule has 2 heteroatoms. The Morgan fingerprint density at radius 1 is 0.917 bits per heavy atom. The molecule has 3 aliphatic rings. The van der Waals surface area contributed by atoms with Crippen molar-refractivity contribution in [1.82, 2.24) is 4.90 Å². The maximum atomic E-state index is 13.8. The fraction of sp³-hybridized carbons (Fsp3) is 1.00. The predicted molar refractivity (Wildman–Crippen MR) is 48.0 cm³/mol. The first-order chi connectivity index (χ1) is 5.56. The van der Waals surface area contributed by atoms with E-state index in [9.17, 15) is 4.39 Å². The minimum atomic E-state index is -0.780. The minimum absolute atomic E-state index is 0.355. The Labute approximate surface area is 73.9 Å². The molecule has 0 N–H and O–H groups in total. The molecule has 0 spiro atoms. The molecule has 1 nitrogen and oxygen atoms in total. The number of hydrogen-bond donors (Lipinski definition) is 0. The van der Waals surface area contributed by atoms with Crippen LogP contribution in [0.15, 0.2) is 0 Å². The van der Waals surface area contributed by atoms with Crippen LogP contribution in [0.3, 0.4) is 0 Å². The lowest BCUT2D eigenvalue weighted by Crippen LogP contribution is -2.55. The van der Waals surface area contributed by atoms with Crippen LogP contribution in [0.25, 0.3) is 0 Å². The summed E-state index contributed by atoms with van der Waals surface area (Å²) >= 11 is 0. The summed E-state index contributed by atoms with van der Waals surface area (Å²) in [5.41, 5.74) is -0.425. The van der Waals surface area contributed by atoms with Crippen LogP contribution >= 0.6 is 0 Å². The average molecular weight is 171 g/mol. The van der Waals surface area contributed by atoms with Crippen molar-refractivity contribution in [3.63, 3.8) is 0 Å². The molecule has 12 heavy (non-hydrogen) atoms. The first kappa shape index (κ1) is 8.49. The highest BCUT2D eigenvalue weighted by molar-refractivity contribution is 5.04. The van der Waals surface area contributed by atoms with Gasteiger partial charge in [-0.05, 0) is 52.6 Å². The van der Waals surface area contributed by atoms with Crippen LogP contribution < -0.4 is 0 Å². The highest BCUT2D eigenvalue weighted by atomic mass is 19.1. The van der Waals surface area contributed by atoms with Crippen LogP contribution in [0.5, 0.6) is 0 Å². The van der Waals surface area contributed by atoms with Gasteiger partial charge >= 0.3 is 0 Å². The lowest BCUT2D eigenvalue weighted by Gasteiger charge is -2.53. The molecule has 3 fully saturated rings. The van der Waals surface area contributed by atoms with Crippen molar-refractivity contribution in [2.24, 2.45) is 0 Å². The smallest absolute Gasteiger partial charge is 0.111 e. The van der Waals surface area contributed by atoms with E-state index in [2.05, 4.69) is 19.0 Å². The summed E-state index contributed by atoms with van der Waals surface area (Å²) in [7, 11) is 4.27. The number of rotatable bonds is 1. The lowest BCUT2D eigenvalue weighted by molar-refractivity contribution is -0.0511. The highest BCUT2D eigenvalue weighted by Gasteiger charge is 2.49. The molecule has 0 aromatic rings. The Balaban J connectivity index is 2.14. The van der Waals surface area contributed by atoms with Crippen molar-refractivity contribution < 1.29 is 4.39 Å². The Hall–Kier alpha value is -0.110. The second-order valence-electron chi connectivity index (χ2n) is 4.77. The molecule has 3 rings (SSSR count). The van der Waals surface area contributed by atoms with Crippen molar-refractivity contribution in [3.8, 4) is 0 Å². The monoisotopic (exact) mass is 171 g/mol. The van der Waals surface area contributed by atoms with Crippen molar-refractivity contribution in [1.29, 1.82) is 0 Å². The molecule has 0 aromatic carbocycles. The van der Waals surface area contributed by atoms with E-state index in [0.717, 1.165) is 38.5 Å².